The predicted octanol–water partition coefficient (Wildman–Crippen LogP) is 1.58. The highest BCUT2D eigenvalue weighted by Gasteiger charge is 2.31. The highest BCUT2D eigenvalue weighted by atomic mass is 16.5. The second-order valence-corrected chi connectivity index (χ2v) is 2.53. The van der Waals surface area contributed by atoms with Crippen molar-refractivity contribution in [2.45, 2.75) is 37.9 Å². The SMILES string of the molecule is C#C.C1CC2CCC1O2. The summed E-state index contributed by atoms with van der Waals surface area (Å²) in [4.78, 5) is 0. The van der Waals surface area contributed by atoms with Crippen molar-refractivity contribution in [2.24, 2.45) is 0 Å². The van der Waals surface area contributed by atoms with Gasteiger partial charge in [0.25, 0.3) is 0 Å². The number of fused-ring (bicyclic) bond motifs is 2. The van der Waals surface area contributed by atoms with Gasteiger partial charge in [0.05, 0.1) is 12.2 Å². The Balaban J connectivity index is 0.000000186. The summed E-state index contributed by atoms with van der Waals surface area (Å²) >= 11 is 0. The summed E-state index contributed by atoms with van der Waals surface area (Å²) < 4.78 is 5.47. The van der Waals surface area contributed by atoms with Crippen molar-refractivity contribution in [3.8, 4) is 12.8 Å². The third-order valence-electron chi connectivity index (χ3n) is 2.01. The Labute approximate surface area is 56.4 Å². The molecule has 0 atom stereocenters. The van der Waals surface area contributed by atoms with Gasteiger partial charge in [-0.15, -0.1) is 12.8 Å². The molecular weight excluding hydrogens is 112 g/mol. The van der Waals surface area contributed by atoms with Crippen molar-refractivity contribution in [3.63, 3.8) is 0 Å². The van der Waals surface area contributed by atoms with Crippen LogP contribution in [0, 0.1) is 12.8 Å². The van der Waals surface area contributed by atoms with E-state index in [0.717, 1.165) is 0 Å². The van der Waals surface area contributed by atoms with Crippen molar-refractivity contribution >= 4 is 0 Å². The lowest BCUT2D eigenvalue weighted by molar-refractivity contribution is 0.105. The maximum absolute atomic E-state index is 5.47. The van der Waals surface area contributed by atoms with E-state index < -0.39 is 0 Å². The first kappa shape index (κ1) is 6.64. The van der Waals surface area contributed by atoms with E-state index in [2.05, 4.69) is 12.8 Å². The second-order valence-electron chi connectivity index (χ2n) is 2.53. The maximum atomic E-state index is 5.47. The van der Waals surface area contributed by atoms with Gasteiger partial charge in [-0.2, -0.15) is 0 Å². The molecule has 0 radical (unpaired) electrons. The normalized spacial score (nSPS) is 37.6. The second kappa shape index (κ2) is 2.89. The molecule has 0 aromatic rings. The monoisotopic (exact) mass is 124 g/mol. The van der Waals surface area contributed by atoms with Crippen LogP contribution in [0.15, 0.2) is 0 Å². The van der Waals surface area contributed by atoms with E-state index in [0.29, 0.717) is 12.2 Å². The van der Waals surface area contributed by atoms with Crippen molar-refractivity contribution < 1.29 is 4.74 Å². The van der Waals surface area contributed by atoms with Crippen LogP contribution in [0.5, 0.6) is 0 Å². The minimum atomic E-state index is 0.671. The Morgan fingerprint density at radius 1 is 0.889 bits per heavy atom. The zero-order valence-electron chi connectivity index (χ0n) is 5.55. The number of ether oxygens (including phenoxy) is 1. The summed E-state index contributed by atoms with van der Waals surface area (Å²) in [5, 5.41) is 0. The van der Waals surface area contributed by atoms with Gasteiger partial charge >= 0.3 is 0 Å². The van der Waals surface area contributed by atoms with Crippen LogP contribution in [0.2, 0.25) is 0 Å². The van der Waals surface area contributed by atoms with Crippen molar-refractivity contribution in [3.05, 3.63) is 0 Å². The van der Waals surface area contributed by atoms with E-state index in [1.165, 1.54) is 25.7 Å². The lowest BCUT2D eigenvalue weighted by Crippen LogP contribution is -1.98. The molecule has 2 aliphatic rings. The molecule has 2 rings (SSSR count). The first-order chi connectivity index (χ1) is 4.45. The van der Waals surface area contributed by atoms with E-state index in [9.17, 15) is 0 Å². The lowest BCUT2D eigenvalue weighted by Gasteiger charge is -2.00. The summed E-state index contributed by atoms with van der Waals surface area (Å²) in [7, 11) is 0. The largest absolute Gasteiger partial charge is 0.375 e. The highest BCUT2D eigenvalue weighted by Crippen LogP contribution is 2.33. The van der Waals surface area contributed by atoms with Crippen LogP contribution >= 0.6 is 0 Å². The van der Waals surface area contributed by atoms with Crippen molar-refractivity contribution in [1.82, 2.24) is 0 Å². The minimum absolute atomic E-state index is 0.671. The van der Waals surface area contributed by atoms with Crippen molar-refractivity contribution in [1.29, 1.82) is 0 Å². The fourth-order valence-electron chi connectivity index (χ4n) is 1.58. The molecule has 1 heteroatoms. The van der Waals surface area contributed by atoms with Gasteiger partial charge in [0.15, 0.2) is 0 Å². The summed E-state index contributed by atoms with van der Waals surface area (Å²) in [6.45, 7) is 0. The molecular formula is C8H12O. The average molecular weight is 124 g/mol. The molecule has 2 heterocycles. The van der Waals surface area contributed by atoms with Crippen LogP contribution < -0.4 is 0 Å². The van der Waals surface area contributed by atoms with Crippen molar-refractivity contribution in [2.75, 3.05) is 0 Å². The van der Waals surface area contributed by atoms with Crippen LogP contribution in [0.4, 0.5) is 0 Å². The molecule has 2 aliphatic heterocycles. The lowest BCUT2D eigenvalue weighted by atomic mass is 10.0. The number of hydrogen-bond donors (Lipinski definition) is 0. The average Bonchev–Trinajstić information content (AvgIpc) is 2.53. The molecule has 0 amide bonds. The Hall–Kier alpha value is -0.480. The highest BCUT2D eigenvalue weighted by molar-refractivity contribution is 4.81. The van der Waals surface area contributed by atoms with Gasteiger partial charge in [-0.25, -0.2) is 0 Å². The molecule has 0 aliphatic carbocycles. The predicted molar refractivity (Wildman–Crippen MR) is 37.0 cm³/mol. The van der Waals surface area contributed by atoms with E-state index in [4.69, 9.17) is 4.74 Å². The summed E-state index contributed by atoms with van der Waals surface area (Å²) in [5.74, 6) is 0. The first-order valence-corrected chi connectivity index (χ1v) is 3.44. The minimum Gasteiger partial charge on any atom is -0.375 e. The molecule has 0 spiro atoms. The van der Waals surface area contributed by atoms with Crippen LogP contribution in [0.25, 0.3) is 0 Å². The Bertz CT molecular complexity index is 88.4. The standard InChI is InChI=1S/C6H10O.C2H2/c1-2-6-4-3-5(1)7-6;1-2/h5-6H,1-4H2;1-2H. The summed E-state index contributed by atoms with van der Waals surface area (Å²) in [6, 6.07) is 0. The molecule has 50 valence electrons. The number of hydrogen-bond acceptors (Lipinski definition) is 1. The van der Waals surface area contributed by atoms with Gasteiger partial charge in [-0.05, 0) is 25.7 Å². The van der Waals surface area contributed by atoms with Gasteiger partial charge in [0.2, 0.25) is 0 Å². The number of terminal acetylenes is 1. The maximum Gasteiger partial charge on any atom is 0.0580 e. The third kappa shape index (κ3) is 1.25. The Kier molecular flexibility index (Phi) is 2.13. The molecule has 0 aromatic heterocycles. The van der Waals surface area contributed by atoms with Gasteiger partial charge in [0.1, 0.15) is 0 Å². The Morgan fingerprint density at radius 3 is 1.33 bits per heavy atom. The molecule has 9 heavy (non-hydrogen) atoms. The molecule has 0 N–H and O–H groups in total. The molecule has 0 unspecified atom stereocenters. The van der Waals surface area contributed by atoms with Gasteiger partial charge in [-0.1, -0.05) is 0 Å². The molecule has 0 saturated carbocycles. The zero-order valence-corrected chi connectivity index (χ0v) is 5.55. The molecule has 0 aromatic carbocycles. The van der Waals surface area contributed by atoms with E-state index in [-0.39, 0.29) is 0 Å². The zero-order chi connectivity index (χ0) is 6.69. The molecule has 2 saturated heterocycles. The quantitative estimate of drug-likeness (QED) is 0.445. The third-order valence-corrected chi connectivity index (χ3v) is 2.01. The first-order valence-electron chi connectivity index (χ1n) is 3.44. The smallest absolute Gasteiger partial charge is 0.0580 e. The van der Waals surface area contributed by atoms with Gasteiger partial charge < -0.3 is 4.74 Å². The molecule has 2 bridgehead atoms. The van der Waals surface area contributed by atoms with Crippen LogP contribution in [-0.4, -0.2) is 12.2 Å². The molecule has 2 fully saturated rings. The topological polar surface area (TPSA) is 9.23 Å². The number of rotatable bonds is 0. The van der Waals surface area contributed by atoms with E-state index >= 15 is 0 Å². The Morgan fingerprint density at radius 2 is 1.22 bits per heavy atom. The van der Waals surface area contributed by atoms with Crippen LogP contribution in [0.3, 0.4) is 0 Å². The van der Waals surface area contributed by atoms with Crippen LogP contribution in [-0.2, 0) is 4.74 Å². The van der Waals surface area contributed by atoms with Gasteiger partial charge in [-0.3, -0.25) is 0 Å². The van der Waals surface area contributed by atoms with Gasteiger partial charge in [0, 0.05) is 0 Å². The molecule has 1 nitrogen and oxygen atoms in total. The fourth-order valence-corrected chi connectivity index (χ4v) is 1.58. The van der Waals surface area contributed by atoms with Crippen LogP contribution in [0.1, 0.15) is 25.7 Å². The summed E-state index contributed by atoms with van der Waals surface area (Å²) in [6.07, 6.45) is 14.7. The van der Waals surface area contributed by atoms with E-state index in [1.807, 2.05) is 0 Å². The summed E-state index contributed by atoms with van der Waals surface area (Å²) in [5.41, 5.74) is 0. The van der Waals surface area contributed by atoms with E-state index in [1.54, 1.807) is 0 Å². The fraction of sp³-hybridized carbons (Fsp3) is 0.750.